The zero-order valence-corrected chi connectivity index (χ0v) is 10.9. The maximum Gasteiger partial charge on any atom is 0.122 e. The maximum absolute atomic E-state index is 9.42. The molecule has 1 aliphatic rings. The van der Waals surface area contributed by atoms with Crippen molar-refractivity contribution in [1.29, 1.82) is 5.26 Å². The summed E-state index contributed by atoms with van der Waals surface area (Å²) in [7, 11) is 1.93. The van der Waals surface area contributed by atoms with Gasteiger partial charge in [-0.15, -0.1) is 0 Å². The van der Waals surface area contributed by atoms with E-state index in [0.717, 1.165) is 19.6 Å². The highest BCUT2D eigenvalue weighted by atomic mass is 15.2. The van der Waals surface area contributed by atoms with E-state index in [0.29, 0.717) is 5.92 Å². The number of hydrogen-bond acceptors (Lipinski definition) is 3. The average Bonchev–Trinajstić information content (AvgIpc) is 3.15. The van der Waals surface area contributed by atoms with E-state index < -0.39 is 0 Å². The van der Waals surface area contributed by atoms with Crippen LogP contribution in [0.5, 0.6) is 0 Å². The van der Waals surface area contributed by atoms with Crippen LogP contribution in [-0.4, -0.2) is 37.1 Å². The molecule has 0 saturated heterocycles. The predicted molar refractivity (Wildman–Crippen MR) is 67.1 cm³/mol. The number of likely N-dealkylation sites (N-methyl/N-ethyl adjacent to an activating group) is 2. The third kappa shape index (κ3) is 3.20. The molecule has 0 spiro atoms. The second-order valence-electron chi connectivity index (χ2n) is 4.83. The summed E-state index contributed by atoms with van der Waals surface area (Å²) in [6.45, 7) is 7.43. The van der Waals surface area contributed by atoms with Crippen LogP contribution in [0.4, 0.5) is 0 Å². The monoisotopic (exact) mass is 223 g/mol. The SMILES string of the molecule is CCCCN(CC)CC(C#N)(NC)C1CC1. The second-order valence-corrected chi connectivity index (χ2v) is 4.83. The highest BCUT2D eigenvalue weighted by Crippen LogP contribution is 2.39. The zero-order valence-electron chi connectivity index (χ0n) is 10.9. The van der Waals surface area contributed by atoms with Crippen LogP contribution in [0.2, 0.25) is 0 Å². The van der Waals surface area contributed by atoms with Crippen molar-refractivity contribution in [3.8, 4) is 6.07 Å². The molecule has 1 unspecified atom stereocenters. The summed E-state index contributed by atoms with van der Waals surface area (Å²) in [6, 6.07) is 2.52. The Morgan fingerprint density at radius 2 is 2.12 bits per heavy atom. The highest BCUT2D eigenvalue weighted by molar-refractivity contribution is 5.16. The van der Waals surface area contributed by atoms with Gasteiger partial charge in [-0.25, -0.2) is 0 Å². The first kappa shape index (κ1) is 13.5. The van der Waals surface area contributed by atoms with Crippen LogP contribution in [0, 0.1) is 17.2 Å². The summed E-state index contributed by atoms with van der Waals surface area (Å²) < 4.78 is 0. The van der Waals surface area contributed by atoms with Crippen LogP contribution in [0.3, 0.4) is 0 Å². The van der Waals surface area contributed by atoms with Gasteiger partial charge < -0.3 is 10.2 Å². The fraction of sp³-hybridized carbons (Fsp3) is 0.923. The van der Waals surface area contributed by atoms with Crippen molar-refractivity contribution in [3.05, 3.63) is 0 Å². The topological polar surface area (TPSA) is 39.1 Å². The first-order valence-electron chi connectivity index (χ1n) is 6.55. The van der Waals surface area contributed by atoms with E-state index in [-0.39, 0.29) is 5.54 Å². The smallest absolute Gasteiger partial charge is 0.122 e. The summed E-state index contributed by atoms with van der Waals surface area (Å²) in [5.41, 5.74) is -0.302. The highest BCUT2D eigenvalue weighted by Gasteiger charge is 2.45. The van der Waals surface area contributed by atoms with Gasteiger partial charge in [-0.1, -0.05) is 20.3 Å². The molecule has 1 atom stereocenters. The van der Waals surface area contributed by atoms with Crippen molar-refractivity contribution >= 4 is 0 Å². The largest absolute Gasteiger partial charge is 0.301 e. The first-order valence-corrected chi connectivity index (χ1v) is 6.55. The molecule has 1 aliphatic carbocycles. The van der Waals surface area contributed by atoms with Gasteiger partial charge in [0.05, 0.1) is 6.07 Å². The fourth-order valence-electron chi connectivity index (χ4n) is 2.25. The summed E-state index contributed by atoms with van der Waals surface area (Å²) in [4.78, 5) is 2.40. The molecule has 3 nitrogen and oxygen atoms in total. The molecule has 0 heterocycles. The Morgan fingerprint density at radius 3 is 2.50 bits per heavy atom. The summed E-state index contributed by atoms with van der Waals surface area (Å²) in [5.74, 6) is 0.568. The molecule has 92 valence electrons. The van der Waals surface area contributed by atoms with Gasteiger partial charge in [-0.3, -0.25) is 0 Å². The van der Waals surface area contributed by atoms with Gasteiger partial charge in [0.1, 0.15) is 5.54 Å². The van der Waals surface area contributed by atoms with Crippen molar-refractivity contribution in [1.82, 2.24) is 10.2 Å². The quantitative estimate of drug-likeness (QED) is 0.684. The second kappa shape index (κ2) is 6.22. The first-order chi connectivity index (χ1) is 7.72. The normalized spacial score (nSPS) is 19.4. The third-order valence-electron chi connectivity index (χ3n) is 3.67. The van der Waals surface area contributed by atoms with Crippen molar-refractivity contribution in [2.45, 2.75) is 45.1 Å². The lowest BCUT2D eigenvalue weighted by atomic mass is 9.94. The fourth-order valence-corrected chi connectivity index (χ4v) is 2.25. The molecule has 1 N–H and O–H groups in total. The van der Waals surface area contributed by atoms with E-state index in [9.17, 15) is 5.26 Å². The van der Waals surface area contributed by atoms with Gasteiger partial charge in [0.15, 0.2) is 0 Å². The van der Waals surface area contributed by atoms with Gasteiger partial charge in [0, 0.05) is 6.54 Å². The van der Waals surface area contributed by atoms with E-state index >= 15 is 0 Å². The van der Waals surface area contributed by atoms with Crippen LogP contribution >= 0.6 is 0 Å². The average molecular weight is 223 g/mol. The molecular formula is C13H25N3. The molecule has 0 bridgehead atoms. The Morgan fingerprint density at radius 1 is 1.44 bits per heavy atom. The van der Waals surface area contributed by atoms with Gasteiger partial charge in [-0.2, -0.15) is 5.26 Å². The molecule has 1 saturated carbocycles. The third-order valence-corrected chi connectivity index (χ3v) is 3.67. The molecule has 3 heteroatoms. The molecule has 0 radical (unpaired) electrons. The molecule has 0 aromatic carbocycles. The van der Waals surface area contributed by atoms with Gasteiger partial charge >= 0.3 is 0 Å². The molecule has 0 amide bonds. The molecule has 1 rings (SSSR count). The Bertz CT molecular complexity index is 242. The number of unbranched alkanes of at least 4 members (excludes halogenated alkanes) is 1. The number of hydrogen-bond donors (Lipinski definition) is 1. The van der Waals surface area contributed by atoms with Gasteiger partial charge in [0.2, 0.25) is 0 Å². The van der Waals surface area contributed by atoms with Crippen LogP contribution in [0.25, 0.3) is 0 Å². The molecule has 1 fully saturated rings. The van der Waals surface area contributed by atoms with Crippen LogP contribution < -0.4 is 5.32 Å². The zero-order chi connectivity index (χ0) is 12.0. The summed E-state index contributed by atoms with van der Waals surface area (Å²) in [5, 5.41) is 12.7. The van der Waals surface area contributed by atoms with E-state index in [1.54, 1.807) is 0 Å². The van der Waals surface area contributed by atoms with Crippen LogP contribution in [-0.2, 0) is 0 Å². The van der Waals surface area contributed by atoms with Gasteiger partial charge in [-0.05, 0) is 45.3 Å². The van der Waals surface area contributed by atoms with Crippen molar-refractivity contribution in [2.75, 3.05) is 26.7 Å². The number of nitrogens with one attached hydrogen (secondary N) is 1. The molecule has 0 aromatic rings. The maximum atomic E-state index is 9.42. The van der Waals surface area contributed by atoms with E-state index in [4.69, 9.17) is 0 Å². The van der Waals surface area contributed by atoms with Crippen molar-refractivity contribution in [3.63, 3.8) is 0 Å². The number of nitrogens with zero attached hydrogens (tertiary/aromatic N) is 2. The summed E-state index contributed by atoms with van der Waals surface area (Å²) in [6.07, 6.45) is 4.86. The minimum atomic E-state index is -0.302. The van der Waals surface area contributed by atoms with Crippen molar-refractivity contribution in [2.24, 2.45) is 5.92 Å². The lowest BCUT2D eigenvalue weighted by Crippen LogP contribution is -2.53. The standard InChI is InChI=1S/C13H25N3/c1-4-6-9-16(5-2)11-13(10-14,15-3)12-7-8-12/h12,15H,4-9,11H2,1-3H3. The Hall–Kier alpha value is -0.590. The molecule has 0 aliphatic heterocycles. The lowest BCUT2D eigenvalue weighted by molar-refractivity contribution is 0.207. The Labute approximate surface area is 99.8 Å². The molecular weight excluding hydrogens is 198 g/mol. The summed E-state index contributed by atoms with van der Waals surface area (Å²) >= 11 is 0. The Kier molecular flexibility index (Phi) is 5.24. The van der Waals surface area contributed by atoms with Crippen LogP contribution in [0.15, 0.2) is 0 Å². The molecule has 16 heavy (non-hydrogen) atoms. The van der Waals surface area contributed by atoms with E-state index in [2.05, 4.69) is 30.1 Å². The number of rotatable bonds is 8. The lowest BCUT2D eigenvalue weighted by Gasteiger charge is -2.32. The predicted octanol–water partition coefficient (Wildman–Crippen LogP) is 2.00. The van der Waals surface area contributed by atoms with E-state index in [1.165, 1.54) is 25.7 Å². The van der Waals surface area contributed by atoms with Crippen LogP contribution in [0.1, 0.15) is 39.5 Å². The van der Waals surface area contributed by atoms with E-state index in [1.807, 2.05) is 7.05 Å². The number of nitriles is 1. The van der Waals surface area contributed by atoms with Crippen molar-refractivity contribution < 1.29 is 0 Å². The molecule has 0 aromatic heterocycles. The minimum absolute atomic E-state index is 0.302. The van der Waals surface area contributed by atoms with Gasteiger partial charge in [0.25, 0.3) is 0 Å². The Balaban J connectivity index is 2.55. The minimum Gasteiger partial charge on any atom is -0.301 e.